The van der Waals surface area contributed by atoms with Gasteiger partial charge in [-0.2, -0.15) is 5.26 Å². The van der Waals surface area contributed by atoms with E-state index in [1.807, 2.05) is 55.3 Å². The van der Waals surface area contributed by atoms with Gasteiger partial charge in [0, 0.05) is 36.9 Å². The van der Waals surface area contributed by atoms with E-state index in [1.54, 1.807) is 0 Å². The minimum Gasteiger partial charge on any atom is -0.368 e. The molecule has 1 amide bonds. The SMILES string of the molecule is Cc1ccc(C(=O)N(C)C2CCC(N3CCc4c3ccc(C#N)c4Cl)CC2)cc1. The minimum atomic E-state index is 0.107. The number of fused-ring (bicyclic) bond motifs is 1. The molecule has 2 aromatic rings. The van der Waals surface area contributed by atoms with E-state index in [0.717, 1.165) is 55.3 Å². The molecule has 2 aliphatic rings. The van der Waals surface area contributed by atoms with E-state index >= 15 is 0 Å². The predicted molar refractivity (Wildman–Crippen MR) is 117 cm³/mol. The summed E-state index contributed by atoms with van der Waals surface area (Å²) in [6, 6.07) is 14.6. The van der Waals surface area contributed by atoms with Crippen molar-refractivity contribution in [3.8, 4) is 6.07 Å². The molecule has 0 radical (unpaired) electrons. The van der Waals surface area contributed by atoms with Crippen molar-refractivity contribution in [2.45, 2.75) is 51.1 Å². The maximum Gasteiger partial charge on any atom is 0.253 e. The highest BCUT2D eigenvalue weighted by Gasteiger charge is 2.33. The van der Waals surface area contributed by atoms with Gasteiger partial charge in [-0.15, -0.1) is 0 Å². The second kappa shape index (κ2) is 8.08. The Morgan fingerprint density at radius 1 is 1.14 bits per heavy atom. The van der Waals surface area contributed by atoms with E-state index in [9.17, 15) is 10.1 Å². The van der Waals surface area contributed by atoms with E-state index in [1.165, 1.54) is 5.69 Å². The summed E-state index contributed by atoms with van der Waals surface area (Å²) in [7, 11) is 1.93. The maximum absolute atomic E-state index is 12.8. The Morgan fingerprint density at radius 2 is 1.83 bits per heavy atom. The second-order valence-electron chi connectivity index (χ2n) is 8.22. The van der Waals surface area contributed by atoms with Gasteiger partial charge < -0.3 is 9.80 Å². The number of hydrogen-bond acceptors (Lipinski definition) is 3. The Hall–Kier alpha value is -2.51. The van der Waals surface area contributed by atoms with Gasteiger partial charge in [0.2, 0.25) is 0 Å². The van der Waals surface area contributed by atoms with Crippen LogP contribution in [0.4, 0.5) is 5.69 Å². The van der Waals surface area contributed by atoms with Crippen LogP contribution in [0.1, 0.15) is 52.7 Å². The molecule has 0 aromatic heterocycles. The molecular weight excluding hydrogens is 382 g/mol. The number of amides is 1. The zero-order valence-corrected chi connectivity index (χ0v) is 17.7. The standard InChI is InChI=1S/C24H26ClN3O/c1-16-3-5-17(6-4-16)24(29)27(2)19-8-10-20(11-9-19)28-14-13-21-22(28)12-7-18(15-26)23(21)25/h3-7,12,19-20H,8-11,13-14H2,1-2H3. The van der Waals surface area contributed by atoms with Crippen LogP contribution in [0.3, 0.4) is 0 Å². The lowest BCUT2D eigenvalue weighted by Gasteiger charge is -2.39. The molecule has 1 fully saturated rings. The lowest BCUT2D eigenvalue weighted by atomic mass is 9.89. The Morgan fingerprint density at radius 3 is 2.48 bits per heavy atom. The molecule has 1 aliphatic carbocycles. The first-order valence-electron chi connectivity index (χ1n) is 10.3. The number of aryl methyl sites for hydroxylation is 1. The highest BCUT2D eigenvalue weighted by molar-refractivity contribution is 6.33. The van der Waals surface area contributed by atoms with Crippen molar-refractivity contribution in [2.75, 3.05) is 18.5 Å². The Balaban J connectivity index is 1.41. The number of anilines is 1. The number of halogens is 1. The van der Waals surface area contributed by atoms with Crippen LogP contribution in [0, 0.1) is 18.3 Å². The first-order chi connectivity index (χ1) is 14.0. The van der Waals surface area contributed by atoms with Crippen molar-refractivity contribution in [1.29, 1.82) is 5.26 Å². The first kappa shape index (κ1) is 19.8. The number of hydrogen-bond donors (Lipinski definition) is 0. The maximum atomic E-state index is 12.8. The molecule has 1 saturated carbocycles. The quantitative estimate of drug-likeness (QED) is 0.721. The Labute approximate surface area is 177 Å². The lowest BCUT2D eigenvalue weighted by Crippen LogP contribution is -2.44. The summed E-state index contributed by atoms with van der Waals surface area (Å²) in [6.45, 7) is 2.99. The molecular formula is C24H26ClN3O. The van der Waals surface area contributed by atoms with Crippen molar-refractivity contribution in [1.82, 2.24) is 4.90 Å². The average molecular weight is 408 g/mol. The molecule has 5 heteroatoms. The fourth-order valence-corrected chi connectivity index (χ4v) is 5.06. The fraction of sp³-hybridized carbons (Fsp3) is 0.417. The average Bonchev–Trinajstić information content (AvgIpc) is 3.19. The van der Waals surface area contributed by atoms with E-state index in [4.69, 9.17) is 11.6 Å². The highest BCUT2D eigenvalue weighted by atomic mass is 35.5. The third-order valence-corrected chi connectivity index (χ3v) is 6.96. The van der Waals surface area contributed by atoms with Crippen molar-refractivity contribution in [3.63, 3.8) is 0 Å². The van der Waals surface area contributed by atoms with Crippen LogP contribution in [0.25, 0.3) is 0 Å². The van der Waals surface area contributed by atoms with Gasteiger partial charge in [0.05, 0.1) is 10.6 Å². The molecule has 150 valence electrons. The number of nitriles is 1. The topological polar surface area (TPSA) is 47.3 Å². The van der Waals surface area contributed by atoms with Crippen molar-refractivity contribution in [2.24, 2.45) is 0 Å². The van der Waals surface area contributed by atoms with Gasteiger partial charge in [-0.1, -0.05) is 29.3 Å². The van der Waals surface area contributed by atoms with Crippen molar-refractivity contribution in [3.05, 3.63) is 63.7 Å². The number of benzene rings is 2. The molecule has 1 heterocycles. The number of carbonyl (C=O) groups excluding carboxylic acids is 1. The van der Waals surface area contributed by atoms with Gasteiger partial charge in [-0.25, -0.2) is 0 Å². The van der Waals surface area contributed by atoms with Gasteiger partial charge in [0.15, 0.2) is 0 Å². The van der Waals surface area contributed by atoms with Gasteiger partial charge in [0.25, 0.3) is 5.91 Å². The molecule has 0 saturated heterocycles. The van der Waals surface area contributed by atoms with Gasteiger partial charge in [-0.3, -0.25) is 4.79 Å². The van der Waals surface area contributed by atoms with Crippen LogP contribution in [-0.4, -0.2) is 36.5 Å². The zero-order valence-electron chi connectivity index (χ0n) is 17.0. The van der Waals surface area contributed by atoms with Crippen LogP contribution in [-0.2, 0) is 6.42 Å². The second-order valence-corrected chi connectivity index (χ2v) is 8.60. The van der Waals surface area contributed by atoms with Crippen LogP contribution in [0.2, 0.25) is 5.02 Å². The molecule has 29 heavy (non-hydrogen) atoms. The Bertz CT molecular complexity index is 955. The monoisotopic (exact) mass is 407 g/mol. The number of nitrogens with zero attached hydrogens (tertiary/aromatic N) is 3. The summed E-state index contributed by atoms with van der Waals surface area (Å²) in [4.78, 5) is 17.2. The summed E-state index contributed by atoms with van der Waals surface area (Å²) < 4.78 is 0. The smallest absolute Gasteiger partial charge is 0.253 e. The summed E-state index contributed by atoms with van der Waals surface area (Å²) in [6.07, 6.45) is 5.04. The van der Waals surface area contributed by atoms with Gasteiger partial charge >= 0.3 is 0 Å². The van der Waals surface area contributed by atoms with Crippen molar-refractivity contribution < 1.29 is 4.79 Å². The van der Waals surface area contributed by atoms with E-state index in [0.29, 0.717) is 16.6 Å². The number of carbonyl (C=O) groups is 1. The van der Waals surface area contributed by atoms with E-state index < -0.39 is 0 Å². The van der Waals surface area contributed by atoms with Crippen molar-refractivity contribution >= 4 is 23.2 Å². The minimum absolute atomic E-state index is 0.107. The molecule has 4 rings (SSSR count). The molecule has 4 nitrogen and oxygen atoms in total. The summed E-state index contributed by atoms with van der Waals surface area (Å²) in [5.74, 6) is 0.107. The first-order valence-corrected chi connectivity index (χ1v) is 10.7. The third kappa shape index (κ3) is 3.72. The molecule has 0 bridgehead atoms. The van der Waals surface area contributed by atoms with E-state index in [-0.39, 0.29) is 11.9 Å². The van der Waals surface area contributed by atoms with Crippen LogP contribution >= 0.6 is 11.6 Å². The van der Waals surface area contributed by atoms with E-state index in [2.05, 4.69) is 11.0 Å². The van der Waals surface area contributed by atoms with Crippen LogP contribution < -0.4 is 4.90 Å². The summed E-state index contributed by atoms with van der Waals surface area (Å²) in [5.41, 5.74) is 4.78. The molecule has 0 atom stereocenters. The molecule has 0 unspecified atom stereocenters. The highest BCUT2D eigenvalue weighted by Crippen LogP contribution is 2.39. The molecule has 0 N–H and O–H groups in total. The largest absolute Gasteiger partial charge is 0.368 e. The van der Waals surface area contributed by atoms with Crippen LogP contribution in [0.15, 0.2) is 36.4 Å². The normalized spacial score (nSPS) is 20.8. The fourth-order valence-electron chi connectivity index (χ4n) is 4.76. The molecule has 2 aromatic carbocycles. The summed E-state index contributed by atoms with van der Waals surface area (Å²) in [5, 5.41) is 9.82. The number of rotatable bonds is 3. The third-order valence-electron chi connectivity index (χ3n) is 6.52. The lowest BCUT2D eigenvalue weighted by molar-refractivity contribution is 0.0689. The van der Waals surface area contributed by atoms with Gasteiger partial charge in [-0.05, 0) is 68.9 Å². The summed E-state index contributed by atoms with van der Waals surface area (Å²) >= 11 is 6.43. The Kier molecular flexibility index (Phi) is 5.52. The van der Waals surface area contributed by atoms with Gasteiger partial charge in [0.1, 0.15) is 6.07 Å². The molecule has 0 spiro atoms. The molecule has 1 aliphatic heterocycles. The van der Waals surface area contributed by atoms with Crippen LogP contribution in [0.5, 0.6) is 0 Å². The zero-order chi connectivity index (χ0) is 20.5. The predicted octanol–water partition coefficient (Wildman–Crippen LogP) is 4.97.